The number of nitrogens with zero attached hydrogens (tertiary/aromatic N) is 1. The molecule has 6 nitrogen and oxygen atoms in total. The highest BCUT2D eigenvalue weighted by Crippen LogP contribution is 2.34. The summed E-state index contributed by atoms with van der Waals surface area (Å²) in [7, 11) is 0. The van der Waals surface area contributed by atoms with Crippen LogP contribution in [0.1, 0.15) is 46.0 Å². The van der Waals surface area contributed by atoms with Gasteiger partial charge in [0.15, 0.2) is 0 Å². The molecule has 0 saturated carbocycles. The van der Waals surface area contributed by atoms with Crippen LogP contribution in [-0.4, -0.2) is 53.8 Å². The summed E-state index contributed by atoms with van der Waals surface area (Å²) in [6.07, 6.45) is 3.53. The molecule has 0 spiro atoms. The van der Waals surface area contributed by atoms with Gasteiger partial charge in [0.25, 0.3) is 0 Å². The van der Waals surface area contributed by atoms with Gasteiger partial charge in [0.2, 0.25) is 0 Å². The Kier molecular flexibility index (Phi) is 4.76. The number of carboxylic acid groups (broad SMARTS) is 1. The van der Waals surface area contributed by atoms with Crippen molar-refractivity contribution in [2.24, 2.45) is 5.41 Å². The van der Waals surface area contributed by atoms with E-state index < -0.39 is 11.4 Å². The number of aliphatic carboxylic acids is 1. The Balaban J connectivity index is 2.00. The SMILES string of the molecule is CCC1(C(=O)O)CCCN(C(=O)NC2(C)CCOCC2)C1. The highest BCUT2D eigenvalue weighted by Gasteiger charge is 2.43. The van der Waals surface area contributed by atoms with E-state index in [1.54, 1.807) is 4.90 Å². The number of likely N-dealkylation sites (tertiary alicyclic amines) is 1. The summed E-state index contributed by atoms with van der Waals surface area (Å²) in [6, 6.07) is -0.141. The Morgan fingerprint density at radius 3 is 2.52 bits per heavy atom. The molecule has 2 heterocycles. The van der Waals surface area contributed by atoms with Crippen molar-refractivity contribution in [3.63, 3.8) is 0 Å². The maximum absolute atomic E-state index is 12.5. The fraction of sp³-hybridized carbons (Fsp3) is 0.867. The zero-order valence-corrected chi connectivity index (χ0v) is 13.0. The summed E-state index contributed by atoms with van der Waals surface area (Å²) in [4.78, 5) is 25.7. The number of nitrogens with one attached hydrogen (secondary N) is 1. The van der Waals surface area contributed by atoms with E-state index >= 15 is 0 Å². The number of carboxylic acids is 1. The van der Waals surface area contributed by atoms with E-state index in [1.807, 2.05) is 13.8 Å². The van der Waals surface area contributed by atoms with Crippen LogP contribution in [0.3, 0.4) is 0 Å². The number of hydrogen-bond acceptors (Lipinski definition) is 3. The molecule has 2 saturated heterocycles. The summed E-state index contributed by atoms with van der Waals surface area (Å²) in [5.41, 5.74) is -1.03. The molecule has 2 aliphatic heterocycles. The fourth-order valence-corrected chi connectivity index (χ4v) is 3.20. The standard InChI is InChI=1S/C15H26N2O4/c1-3-15(12(18)19)5-4-8-17(11-15)13(20)16-14(2)6-9-21-10-7-14/h3-11H2,1-2H3,(H,16,20)(H,18,19). The van der Waals surface area contributed by atoms with Crippen LogP contribution >= 0.6 is 0 Å². The van der Waals surface area contributed by atoms with E-state index in [0.717, 1.165) is 19.3 Å². The predicted octanol–water partition coefficient (Wildman–Crippen LogP) is 1.84. The summed E-state index contributed by atoms with van der Waals surface area (Å²) in [6.45, 7) is 6.16. The lowest BCUT2D eigenvalue weighted by Gasteiger charge is -2.42. The van der Waals surface area contributed by atoms with Crippen molar-refractivity contribution in [2.45, 2.75) is 51.5 Å². The van der Waals surface area contributed by atoms with Crippen LogP contribution in [0.4, 0.5) is 4.79 Å². The number of amides is 2. The van der Waals surface area contributed by atoms with Crippen molar-refractivity contribution >= 4 is 12.0 Å². The fourth-order valence-electron chi connectivity index (χ4n) is 3.20. The summed E-state index contributed by atoms with van der Waals surface area (Å²) in [5, 5.41) is 12.6. The number of piperidine rings is 1. The predicted molar refractivity (Wildman–Crippen MR) is 78.2 cm³/mol. The lowest BCUT2D eigenvalue weighted by molar-refractivity contribution is -0.152. The first-order valence-electron chi connectivity index (χ1n) is 7.79. The molecule has 0 bridgehead atoms. The van der Waals surface area contributed by atoms with Gasteiger partial charge in [-0.25, -0.2) is 4.79 Å². The van der Waals surface area contributed by atoms with Gasteiger partial charge in [-0.05, 0) is 39.0 Å². The second kappa shape index (κ2) is 6.22. The van der Waals surface area contributed by atoms with Gasteiger partial charge >= 0.3 is 12.0 Å². The van der Waals surface area contributed by atoms with Crippen LogP contribution in [0.25, 0.3) is 0 Å². The van der Waals surface area contributed by atoms with Gasteiger partial charge in [0.1, 0.15) is 0 Å². The maximum atomic E-state index is 12.5. The first kappa shape index (κ1) is 16.1. The van der Waals surface area contributed by atoms with Crippen molar-refractivity contribution in [3.8, 4) is 0 Å². The highest BCUT2D eigenvalue weighted by molar-refractivity contribution is 5.79. The molecule has 0 aromatic rings. The highest BCUT2D eigenvalue weighted by atomic mass is 16.5. The van der Waals surface area contributed by atoms with E-state index in [2.05, 4.69) is 5.32 Å². The van der Waals surface area contributed by atoms with E-state index in [1.165, 1.54) is 0 Å². The third-order valence-electron chi connectivity index (χ3n) is 5.00. The van der Waals surface area contributed by atoms with E-state index in [-0.39, 0.29) is 11.6 Å². The first-order chi connectivity index (χ1) is 9.91. The third kappa shape index (κ3) is 3.48. The van der Waals surface area contributed by atoms with Crippen LogP contribution in [-0.2, 0) is 9.53 Å². The second-order valence-corrected chi connectivity index (χ2v) is 6.57. The quantitative estimate of drug-likeness (QED) is 0.833. The molecule has 2 fully saturated rings. The molecule has 0 aromatic carbocycles. The molecule has 1 unspecified atom stereocenters. The zero-order valence-electron chi connectivity index (χ0n) is 13.0. The topological polar surface area (TPSA) is 78.9 Å². The van der Waals surface area contributed by atoms with E-state index in [0.29, 0.717) is 39.1 Å². The summed E-state index contributed by atoms with van der Waals surface area (Å²) >= 11 is 0. The van der Waals surface area contributed by atoms with Crippen LogP contribution in [0.5, 0.6) is 0 Å². The van der Waals surface area contributed by atoms with E-state index in [4.69, 9.17) is 4.74 Å². The number of hydrogen-bond donors (Lipinski definition) is 2. The number of urea groups is 1. The molecule has 6 heteroatoms. The van der Waals surface area contributed by atoms with Gasteiger partial charge in [-0.3, -0.25) is 4.79 Å². The molecule has 0 aromatic heterocycles. The number of ether oxygens (including phenoxy) is 1. The summed E-state index contributed by atoms with van der Waals surface area (Å²) < 4.78 is 5.33. The molecule has 2 aliphatic rings. The molecule has 21 heavy (non-hydrogen) atoms. The monoisotopic (exact) mass is 298 g/mol. The van der Waals surface area contributed by atoms with Gasteiger partial charge in [0, 0.05) is 31.8 Å². The van der Waals surface area contributed by atoms with Gasteiger partial charge in [0.05, 0.1) is 5.41 Å². The van der Waals surface area contributed by atoms with Crippen molar-refractivity contribution in [2.75, 3.05) is 26.3 Å². The zero-order chi connectivity index (χ0) is 15.5. The Bertz CT molecular complexity index is 406. The minimum Gasteiger partial charge on any atom is -0.481 e. The molecular weight excluding hydrogens is 272 g/mol. The van der Waals surface area contributed by atoms with Crippen LogP contribution in [0.15, 0.2) is 0 Å². The average molecular weight is 298 g/mol. The minimum absolute atomic E-state index is 0.141. The maximum Gasteiger partial charge on any atom is 0.317 e. The minimum atomic E-state index is -0.792. The molecule has 0 aliphatic carbocycles. The molecule has 2 rings (SSSR count). The molecule has 1 atom stereocenters. The van der Waals surface area contributed by atoms with Crippen molar-refractivity contribution in [1.29, 1.82) is 0 Å². The Morgan fingerprint density at radius 1 is 1.29 bits per heavy atom. The Hall–Kier alpha value is -1.30. The van der Waals surface area contributed by atoms with Crippen LogP contribution < -0.4 is 5.32 Å². The smallest absolute Gasteiger partial charge is 0.317 e. The van der Waals surface area contributed by atoms with Gasteiger partial charge in [-0.1, -0.05) is 6.92 Å². The van der Waals surface area contributed by atoms with Crippen LogP contribution in [0.2, 0.25) is 0 Å². The van der Waals surface area contributed by atoms with E-state index in [9.17, 15) is 14.7 Å². The largest absolute Gasteiger partial charge is 0.481 e. The number of carbonyl (C=O) groups is 2. The van der Waals surface area contributed by atoms with Gasteiger partial charge in [-0.2, -0.15) is 0 Å². The molecule has 2 amide bonds. The van der Waals surface area contributed by atoms with Gasteiger partial charge < -0.3 is 20.1 Å². The average Bonchev–Trinajstić information content (AvgIpc) is 2.47. The number of carbonyl (C=O) groups excluding carboxylic acids is 1. The molecular formula is C15H26N2O4. The van der Waals surface area contributed by atoms with Crippen molar-refractivity contribution in [1.82, 2.24) is 10.2 Å². The summed E-state index contributed by atoms with van der Waals surface area (Å²) in [5.74, 6) is -0.792. The van der Waals surface area contributed by atoms with Crippen molar-refractivity contribution < 1.29 is 19.4 Å². The lowest BCUT2D eigenvalue weighted by atomic mass is 9.78. The molecule has 2 N–H and O–H groups in total. The van der Waals surface area contributed by atoms with Crippen LogP contribution in [0, 0.1) is 5.41 Å². The first-order valence-corrected chi connectivity index (χ1v) is 7.79. The Labute approximate surface area is 125 Å². The van der Waals surface area contributed by atoms with Gasteiger partial charge in [-0.15, -0.1) is 0 Å². The third-order valence-corrected chi connectivity index (χ3v) is 5.00. The van der Waals surface area contributed by atoms with Crippen molar-refractivity contribution in [3.05, 3.63) is 0 Å². The Morgan fingerprint density at radius 2 is 1.95 bits per heavy atom. The second-order valence-electron chi connectivity index (χ2n) is 6.57. The molecule has 0 radical (unpaired) electrons. The lowest BCUT2D eigenvalue weighted by Crippen LogP contribution is -2.58. The normalized spacial score (nSPS) is 29.0. The molecule has 120 valence electrons. The number of rotatable bonds is 3.